The fraction of sp³-hybridized carbons (Fsp3) is 0.519. The number of carbonyl (C=O) groups excluding carboxylic acids is 1. The first-order chi connectivity index (χ1) is 16.2. The zero-order valence-electron chi connectivity index (χ0n) is 21.0. The molecule has 2 aromatic rings. The highest BCUT2D eigenvalue weighted by molar-refractivity contribution is 6.62. The average molecular weight is 465 g/mol. The molecular weight excluding hydrogens is 429 g/mol. The maximum Gasteiger partial charge on any atom is 0.494 e. The monoisotopic (exact) mass is 465 g/mol. The van der Waals surface area contributed by atoms with Gasteiger partial charge < -0.3 is 18.8 Å². The number of morpholine rings is 1. The number of nitrogens with zero attached hydrogens (tertiary/aromatic N) is 1. The normalized spacial score (nSPS) is 23.7. The Labute approximate surface area is 203 Å². The molecule has 2 aliphatic rings. The van der Waals surface area contributed by atoms with Crippen molar-refractivity contribution in [1.29, 1.82) is 0 Å². The van der Waals surface area contributed by atoms with Crippen LogP contribution >= 0.6 is 0 Å². The summed E-state index contributed by atoms with van der Waals surface area (Å²) in [6, 6.07) is 17.7. The molecule has 34 heavy (non-hydrogen) atoms. The van der Waals surface area contributed by atoms with Gasteiger partial charge in [-0.15, -0.1) is 0 Å². The average Bonchev–Trinajstić information content (AvgIpc) is 3.05. The molecule has 7 heteroatoms. The van der Waals surface area contributed by atoms with Gasteiger partial charge in [-0.3, -0.25) is 4.90 Å². The van der Waals surface area contributed by atoms with Crippen molar-refractivity contribution >= 4 is 18.7 Å². The molecule has 2 saturated heterocycles. The molecule has 0 spiro atoms. The highest BCUT2D eigenvalue weighted by Gasteiger charge is 2.51. The Balaban J connectivity index is 1.51. The SMILES string of the molecule is CCC[C@@H]1COC[C@@H](c2ccc(B3OC(C)(C)C(C)(C)O3)cc2)N1C(=O)OCc1ccccc1. The fourth-order valence-electron chi connectivity index (χ4n) is 4.47. The van der Waals surface area contributed by atoms with Gasteiger partial charge in [-0.2, -0.15) is 0 Å². The molecule has 0 saturated carbocycles. The molecule has 1 amide bonds. The number of hydrogen-bond acceptors (Lipinski definition) is 5. The second-order valence-corrected chi connectivity index (χ2v) is 10.2. The third-order valence-electron chi connectivity index (χ3n) is 7.20. The van der Waals surface area contributed by atoms with Gasteiger partial charge in [0, 0.05) is 0 Å². The summed E-state index contributed by atoms with van der Waals surface area (Å²) in [4.78, 5) is 15.1. The van der Waals surface area contributed by atoms with Crippen LogP contribution in [0.15, 0.2) is 54.6 Å². The highest BCUT2D eigenvalue weighted by Crippen LogP contribution is 2.37. The lowest BCUT2D eigenvalue weighted by molar-refractivity contribution is -0.0493. The van der Waals surface area contributed by atoms with Crippen molar-refractivity contribution in [3.63, 3.8) is 0 Å². The Hall–Kier alpha value is -2.35. The van der Waals surface area contributed by atoms with Crippen molar-refractivity contribution in [1.82, 2.24) is 4.90 Å². The van der Waals surface area contributed by atoms with Gasteiger partial charge in [-0.25, -0.2) is 4.79 Å². The van der Waals surface area contributed by atoms with Crippen molar-refractivity contribution in [2.45, 2.75) is 77.4 Å². The van der Waals surface area contributed by atoms with Crippen LogP contribution in [0.4, 0.5) is 4.79 Å². The minimum absolute atomic E-state index is 0.0187. The van der Waals surface area contributed by atoms with Crippen molar-refractivity contribution in [2.75, 3.05) is 13.2 Å². The van der Waals surface area contributed by atoms with Crippen LogP contribution in [0.2, 0.25) is 0 Å². The van der Waals surface area contributed by atoms with Gasteiger partial charge in [0.2, 0.25) is 0 Å². The third kappa shape index (κ3) is 5.17. The van der Waals surface area contributed by atoms with Gasteiger partial charge in [0.05, 0.1) is 36.5 Å². The number of benzene rings is 2. The Morgan fingerprint density at radius 1 is 1.00 bits per heavy atom. The van der Waals surface area contributed by atoms with E-state index in [4.69, 9.17) is 18.8 Å². The molecule has 2 fully saturated rings. The molecule has 6 nitrogen and oxygen atoms in total. The molecule has 0 unspecified atom stereocenters. The lowest BCUT2D eigenvalue weighted by Gasteiger charge is -2.41. The molecule has 2 heterocycles. The second kappa shape index (κ2) is 10.1. The summed E-state index contributed by atoms with van der Waals surface area (Å²) in [6.07, 6.45) is 1.53. The predicted molar refractivity (Wildman–Crippen MR) is 133 cm³/mol. The molecule has 182 valence electrons. The molecule has 0 aliphatic carbocycles. The number of ether oxygens (including phenoxy) is 2. The maximum atomic E-state index is 13.3. The summed E-state index contributed by atoms with van der Waals surface area (Å²) in [5.74, 6) is 0. The second-order valence-electron chi connectivity index (χ2n) is 10.2. The predicted octanol–water partition coefficient (Wildman–Crippen LogP) is 4.86. The zero-order valence-corrected chi connectivity index (χ0v) is 21.0. The van der Waals surface area contributed by atoms with Crippen LogP contribution in [0.3, 0.4) is 0 Å². The Kier molecular flexibility index (Phi) is 7.36. The molecule has 0 aromatic heterocycles. The van der Waals surface area contributed by atoms with E-state index in [1.807, 2.05) is 87.2 Å². The fourth-order valence-corrected chi connectivity index (χ4v) is 4.47. The van der Waals surface area contributed by atoms with E-state index in [2.05, 4.69) is 6.92 Å². The number of amides is 1. The molecule has 0 bridgehead atoms. The molecule has 0 radical (unpaired) electrons. The van der Waals surface area contributed by atoms with Crippen molar-refractivity contribution in [3.8, 4) is 0 Å². The first-order valence-corrected chi connectivity index (χ1v) is 12.2. The highest BCUT2D eigenvalue weighted by atomic mass is 16.7. The molecule has 0 N–H and O–H groups in total. The topological polar surface area (TPSA) is 57.2 Å². The van der Waals surface area contributed by atoms with Crippen LogP contribution in [0, 0.1) is 0 Å². The Bertz CT molecular complexity index is 945. The minimum Gasteiger partial charge on any atom is -0.445 e. The molecule has 4 rings (SSSR count). The Morgan fingerprint density at radius 2 is 1.65 bits per heavy atom. The third-order valence-corrected chi connectivity index (χ3v) is 7.20. The first kappa shape index (κ1) is 24.8. The van der Waals surface area contributed by atoms with Crippen LogP contribution in [0.5, 0.6) is 0 Å². The molecule has 2 aliphatic heterocycles. The van der Waals surface area contributed by atoms with Gasteiger partial charge in [0.15, 0.2) is 0 Å². The number of hydrogen-bond donors (Lipinski definition) is 0. The number of rotatable bonds is 6. The number of carbonyl (C=O) groups is 1. The largest absolute Gasteiger partial charge is 0.494 e. The lowest BCUT2D eigenvalue weighted by atomic mass is 9.78. The zero-order chi connectivity index (χ0) is 24.3. The van der Waals surface area contributed by atoms with E-state index >= 15 is 0 Å². The van der Waals surface area contributed by atoms with Gasteiger partial charge in [-0.05, 0) is 50.7 Å². The van der Waals surface area contributed by atoms with Crippen LogP contribution in [0.1, 0.15) is 64.6 Å². The summed E-state index contributed by atoms with van der Waals surface area (Å²) in [6.45, 7) is 11.5. The molecule has 2 atom stereocenters. The van der Waals surface area contributed by atoms with Crippen LogP contribution in [0.25, 0.3) is 0 Å². The maximum absolute atomic E-state index is 13.3. The van der Waals surface area contributed by atoms with Crippen LogP contribution < -0.4 is 5.46 Å². The Morgan fingerprint density at radius 3 is 2.26 bits per heavy atom. The summed E-state index contributed by atoms with van der Waals surface area (Å²) >= 11 is 0. The van der Waals surface area contributed by atoms with Gasteiger partial charge in [0.1, 0.15) is 6.61 Å². The van der Waals surface area contributed by atoms with E-state index in [0.717, 1.165) is 29.4 Å². The van der Waals surface area contributed by atoms with E-state index in [-0.39, 0.29) is 36.0 Å². The van der Waals surface area contributed by atoms with Crippen LogP contribution in [-0.2, 0) is 25.4 Å². The lowest BCUT2D eigenvalue weighted by Crippen LogP contribution is -2.50. The van der Waals surface area contributed by atoms with Gasteiger partial charge >= 0.3 is 13.2 Å². The van der Waals surface area contributed by atoms with Gasteiger partial charge in [-0.1, -0.05) is 67.9 Å². The van der Waals surface area contributed by atoms with Crippen molar-refractivity contribution in [2.24, 2.45) is 0 Å². The van der Waals surface area contributed by atoms with E-state index in [0.29, 0.717) is 13.2 Å². The van der Waals surface area contributed by atoms with E-state index in [9.17, 15) is 4.79 Å². The van der Waals surface area contributed by atoms with E-state index in [1.165, 1.54) is 0 Å². The smallest absolute Gasteiger partial charge is 0.445 e. The minimum atomic E-state index is -0.415. The first-order valence-electron chi connectivity index (χ1n) is 12.2. The quantitative estimate of drug-likeness (QED) is 0.570. The summed E-state index contributed by atoms with van der Waals surface area (Å²) in [5, 5.41) is 0. The summed E-state index contributed by atoms with van der Waals surface area (Å²) < 4.78 is 24.0. The van der Waals surface area contributed by atoms with Crippen LogP contribution in [-0.4, -0.2) is 48.6 Å². The van der Waals surface area contributed by atoms with Crippen molar-refractivity contribution < 1.29 is 23.6 Å². The van der Waals surface area contributed by atoms with Crippen molar-refractivity contribution in [3.05, 3.63) is 65.7 Å². The van der Waals surface area contributed by atoms with E-state index in [1.54, 1.807) is 0 Å². The standard InChI is InChI=1S/C27H36BNO5/c1-6-10-23-18-31-19-24(29(23)25(30)32-17-20-11-8-7-9-12-20)21-13-15-22(16-14-21)28-33-26(2,3)27(4,5)34-28/h7-9,11-16,23-24H,6,10,17-19H2,1-5H3/t23-,24+/m1/s1. The molecular formula is C27H36BNO5. The van der Waals surface area contributed by atoms with Gasteiger partial charge in [0.25, 0.3) is 0 Å². The summed E-state index contributed by atoms with van der Waals surface area (Å²) in [7, 11) is -0.415. The molecule has 2 aromatic carbocycles. The summed E-state index contributed by atoms with van der Waals surface area (Å²) in [5.41, 5.74) is 2.17. The van der Waals surface area contributed by atoms with E-state index < -0.39 is 7.12 Å².